The van der Waals surface area contributed by atoms with Crippen LogP contribution >= 0.6 is 0 Å². The summed E-state index contributed by atoms with van der Waals surface area (Å²) in [5.41, 5.74) is -4.50. The molecule has 0 bridgehead atoms. The lowest BCUT2D eigenvalue weighted by molar-refractivity contribution is -0.151. The lowest BCUT2D eigenvalue weighted by atomic mass is 9.77. The van der Waals surface area contributed by atoms with Crippen molar-refractivity contribution in [1.29, 1.82) is 0 Å². The zero-order valence-electron chi connectivity index (χ0n) is 18.1. The molecule has 4 atom stereocenters. The van der Waals surface area contributed by atoms with Gasteiger partial charge in [0.05, 0.1) is 31.1 Å². The number of carboxylic acids is 1. The average Bonchev–Trinajstić information content (AvgIpc) is 3.21. The summed E-state index contributed by atoms with van der Waals surface area (Å²) < 4.78 is 28.8. The zero-order chi connectivity index (χ0) is 22.6. The maximum atomic E-state index is 16.0. The van der Waals surface area contributed by atoms with E-state index in [2.05, 4.69) is 15.0 Å². The van der Waals surface area contributed by atoms with Crippen LogP contribution in [0.4, 0.5) is 10.2 Å². The Morgan fingerprint density at radius 2 is 1.97 bits per heavy atom. The van der Waals surface area contributed by atoms with E-state index in [0.29, 0.717) is 43.3 Å². The first kappa shape index (κ1) is 21.8. The van der Waals surface area contributed by atoms with Gasteiger partial charge in [0.2, 0.25) is 0 Å². The molecule has 0 radical (unpaired) electrons. The molecule has 11 heteroatoms. The molecule has 2 aliphatic heterocycles. The Labute approximate surface area is 179 Å². The second-order valence-electron chi connectivity index (χ2n) is 9.21. The monoisotopic (exact) mass is 437 g/mol. The molecule has 2 aliphatic rings. The number of aromatic nitrogens is 4. The molecule has 2 N–H and O–H groups in total. The molecule has 0 amide bonds. The van der Waals surface area contributed by atoms with Gasteiger partial charge in [-0.15, -0.1) is 0 Å². The standard InChI is InChI=1S/C20H28FN5O5/c1-18(2,17(27)28)9-12-20(4,29)19(3,21)16(31-12)26-11-24-13-14(22-10-23-15(13)26)25-5-7-30-8-6-25/h10-12,16,29H,5-9H2,1-4H3,(H,27,28)/t12-,16-,19+,20-/m1/s1. The molecular formula is C20H28FN5O5. The van der Waals surface area contributed by atoms with Crippen molar-refractivity contribution in [1.82, 2.24) is 19.5 Å². The molecule has 2 aromatic rings. The van der Waals surface area contributed by atoms with Crippen LogP contribution < -0.4 is 4.90 Å². The van der Waals surface area contributed by atoms with E-state index in [1.165, 1.54) is 44.9 Å². The Bertz CT molecular complexity index is 985. The second-order valence-corrected chi connectivity index (χ2v) is 9.21. The number of imidazole rings is 1. The number of hydrogen-bond donors (Lipinski definition) is 2. The molecule has 10 nitrogen and oxygen atoms in total. The number of aliphatic carboxylic acids is 1. The van der Waals surface area contributed by atoms with E-state index in [-0.39, 0.29) is 6.42 Å². The summed E-state index contributed by atoms with van der Waals surface area (Å²) in [6.07, 6.45) is 0.462. The van der Waals surface area contributed by atoms with Crippen LogP contribution in [-0.2, 0) is 14.3 Å². The number of anilines is 1. The minimum atomic E-state index is -2.23. The molecule has 0 saturated carbocycles. The predicted molar refractivity (Wildman–Crippen MR) is 108 cm³/mol. The molecule has 4 rings (SSSR count). The third-order valence-corrected chi connectivity index (χ3v) is 6.55. The lowest BCUT2D eigenvalue weighted by Crippen LogP contribution is -2.52. The normalized spacial score (nSPS) is 32.0. The minimum Gasteiger partial charge on any atom is -0.481 e. The highest BCUT2D eigenvalue weighted by molar-refractivity contribution is 5.83. The Balaban J connectivity index is 1.71. The third kappa shape index (κ3) is 3.44. The quantitative estimate of drug-likeness (QED) is 0.717. The van der Waals surface area contributed by atoms with Gasteiger partial charge in [-0.1, -0.05) is 0 Å². The fourth-order valence-corrected chi connectivity index (χ4v) is 4.12. The number of carbonyl (C=O) groups is 1. The summed E-state index contributed by atoms with van der Waals surface area (Å²) >= 11 is 0. The van der Waals surface area contributed by atoms with Crippen molar-refractivity contribution in [3.8, 4) is 0 Å². The van der Waals surface area contributed by atoms with Crippen LogP contribution in [0.15, 0.2) is 12.7 Å². The Hall–Kier alpha value is -2.37. The highest BCUT2D eigenvalue weighted by atomic mass is 19.1. The smallest absolute Gasteiger partial charge is 0.309 e. The number of ether oxygens (including phenoxy) is 2. The summed E-state index contributed by atoms with van der Waals surface area (Å²) in [4.78, 5) is 26.7. The lowest BCUT2D eigenvalue weighted by Gasteiger charge is -2.35. The van der Waals surface area contributed by atoms with Gasteiger partial charge >= 0.3 is 5.97 Å². The van der Waals surface area contributed by atoms with Crippen LogP contribution in [0.5, 0.6) is 0 Å². The first-order valence-corrected chi connectivity index (χ1v) is 10.3. The van der Waals surface area contributed by atoms with Gasteiger partial charge in [-0.3, -0.25) is 9.36 Å². The van der Waals surface area contributed by atoms with Crippen LogP contribution in [0.3, 0.4) is 0 Å². The molecule has 2 aromatic heterocycles. The number of fused-ring (bicyclic) bond motifs is 1. The molecule has 0 unspecified atom stereocenters. The van der Waals surface area contributed by atoms with Gasteiger partial charge in [0.15, 0.2) is 28.9 Å². The molecule has 0 spiro atoms. The average molecular weight is 437 g/mol. The van der Waals surface area contributed by atoms with Crippen molar-refractivity contribution in [3.05, 3.63) is 12.7 Å². The van der Waals surface area contributed by atoms with Gasteiger partial charge in [0.25, 0.3) is 0 Å². The van der Waals surface area contributed by atoms with Crippen LogP contribution in [0.25, 0.3) is 11.2 Å². The van der Waals surface area contributed by atoms with Crippen molar-refractivity contribution in [3.63, 3.8) is 0 Å². The van der Waals surface area contributed by atoms with Crippen LogP contribution in [0, 0.1) is 5.41 Å². The summed E-state index contributed by atoms with van der Waals surface area (Å²) in [5, 5.41) is 20.5. The Morgan fingerprint density at radius 1 is 1.29 bits per heavy atom. The summed E-state index contributed by atoms with van der Waals surface area (Å²) in [7, 11) is 0. The molecule has 2 saturated heterocycles. The van der Waals surface area contributed by atoms with Crippen molar-refractivity contribution < 1.29 is 28.9 Å². The number of aliphatic hydroxyl groups is 1. The molecule has 31 heavy (non-hydrogen) atoms. The minimum absolute atomic E-state index is 0.0635. The van der Waals surface area contributed by atoms with Crippen molar-refractivity contribution >= 4 is 23.0 Å². The fraction of sp³-hybridized carbons (Fsp3) is 0.700. The first-order chi connectivity index (χ1) is 14.5. The number of carboxylic acid groups (broad SMARTS) is 1. The maximum absolute atomic E-state index is 16.0. The number of halogens is 1. The molecule has 0 aliphatic carbocycles. The molecule has 170 valence electrons. The molecule has 2 fully saturated rings. The predicted octanol–water partition coefficient (Wildman–Crippen LogP) is 1.54. The van der Waals surface area contributed by atoms with E-state index < -0.39 is 35.0 Å². The van der Waals surface area contributed by atoms with Crippen LogP contribution in [-0.4, -0.2) is 79.4 Å². The fourth-order valence-electron chi connectivity index (χ4n) is 4.12. The van der Waals surface area contributed by atoms with E-state index in [9.17, 15) is 15.0 Å². The SMILES string of the molecule is CC(C)(C[C@H]1O[C@@H](n2cnc3c(N4CCOCC4)ncnc32)[C@](C)(F)[C@]1(C)O)C(=O)O. The van der Waals surface area contributed by atoms with Crippen molar-refractivity contribution in [2.24, 2.45) is 5.41 Å². The van der Waals surface area contributed by atoms with Gasteiger partial charge in [0, 0.05) is 13.1 Å². The van der Waals surface area contributed by atoms with Gasteiger partial charge in [-0.2, -0.15) is 0 Å². The molecule has 4 heterocycles. The highest BCUT2D eigenvalue weighted by Gasteiger charge is 2.64. The van der Waals surface area contributed by atoms with E-state index in [1.807, 2.05) is 4.90 Å². The number of rotatable bonds is 5. The molecular weight excluding hydrogens is 409 g/mol. The van der Waals surface area contributed by atoms with E-state index in [0.717, 1.165) is 0 Å². The van der Waals surface area contributed by atoms with E-state index in [4.69, 9.17) is 9.47 Å². The number of hydrogen-bond acceptors (Lipinski definition) is 8. The van der Waals surface area contributed by atoms with E-state index in [1.54, 1.807) is 0 Å². The second kappa shape index (κ2) is 7.35. The maximum Gasteiger partial charge on any atom is 0.309 e. The first-order valence-electron chi connectivity index (χ1n) is 10.3. The Kier molecular flexibility index (Phi) is 5.18. The van der Waals surface area contributed by atoms with Gasteiger partial charge in [0.1, 0.15) is 11.9 Å². The topological polar surface area (TPSA) is 123 Å². The van der Waals surface area contributed by atoms with Crippen LogP contribution in [0.1, 0.15) is 40.3 Å². The Morgan fingerprint density at radius 3 is 2.61 bits per heavy atom. The van der Waals surface area contributed by atoms with Crippen molar-refractivity contribution in [2.75, 3.05) is 31.2 Å². The van der Waals surface area contributed by atoms with Gasteiger partial charge in [-0.25, -0.2) is 19.3 Å². The number of alkyl halides is 1. The zero-order valence-corrected chi connectivity index (χ0v) is 18.1. The van der Waals surface area contributed by atoms with Crippen molar-refractivity contribution in [2.45, 2.75) is 57.7 Å². The highest BCUT2D eigenvalue weighted by Crippen LogP contribution is 2.51. The number of morpholine rings is 1. The summed E-state index contributed by atoms with van der Waals surface area (Å²) in [6, 6.07) is 0. The van der Waals surface area contributed by atoms with E-state index >= 15 is 4.39 Å². The van der Waals surface area contributed by atoms with Gasteiger partial charge < -0.3 is 24.6 Å². The van der Waals surface area contributed by atoms with Crippen LogP contribution in [0.2, 0.25) is 0 Å². The third-order valence-electron chi connectivity index (χ3n) is 6.55. The number of nitrogens with zero attached hydrogens (tertiary/aromatic N) is 5. The largest absolute Gasteiger partial charge is 0.481 e. The summed E-state index contributed by atoms with van der Waals surface area (Å²) in [5.74, 6) is -0.423. The summed E-state index contributed by atoms with van der Waals surface area (Å²) in [6.45, 7) is 8.08. The van der Waals surface area contributed by atoms with Gasteiger partial charge in [-0.05, 0) is 34.1 Å². The molecule has 0 aromatic carbocycles.